The van der Waals surface area contributed by atoms with Crippen LogP contribution < -0.4 is 11.1 Å². The second-order valence-corrected chi connectivity index (χ2v) is 14.9. The van der Waals surface area contributed by atoms with E-state index < -0.39 is 20.0 Å². The Kier molecular flexibility index (Phi) is 38.2. The van der Waals surface area contributed by atoms with E-state index in [0.29, 0.717) is 6.42 Å². The SMILES string of the molecule is CC/C=C\C/C=C\C/C=C\C/C=C\C/C=C\CCCCCCCC(=O)NC(COP(=O)(O)OCCN)C(O)/C=C/CC/C=C/CC/C=C/CCCCCC. The molecule has 0 bridgehead atoms. The first-order valence-electron chi connectivity index (χ1n) is 20.9. The molecule has 9 heteroatoms. The van der Waals surface area contributed by atoms with Crippen LogP contribution in [0.5, 0.6) is 0 Å². The maximum Gasteiger partial charge on any atom is 0.472 e. The van der Waals surface area contributed by atoms with Crippen LogP contribution in [0.4, 0.5) is 0 Å². The molecule has 0 heterocycles. The van der Waals surface area contributed by atoms with Crippen LogP contribution in [0.2, 0.25) is 0 Å². The molecule has 0 aromatic rings. The highest BCUT2D eigenvalue weighted by molar-refractivity contribution is 7.47. The Morgan fingerprint density at radius 2 is 1.09 bits per heavy atom. The lowest BCUT2D eigenvalue weighted by atomic mass is 10.1. The average Bonchev–Trinajstić information content (AvgIpc) is 3.16. The number of carbonyl (C=O) groups is 1. The van der Waals surface area contributed by atoms with Gasteiger partial charge in [-0.15, -0.1) is 0 Å². The lowest BCUT2D eigenvalue weighted by molar-refractivity contribution is -0.123. The zero-order chi connectivity index (χ0) is 39.6. The molecule has 5 N–H and O–H groups in total. The van der Waals surface area contributed by atoms with Crippen LogP contribution in [0.3, 0.4) is 0 Å². The number of amides is 1. The van der Waals surface area contributed by atoms with Gasteiger partial charge in [-0.3, -0.25) is 13.8 Å². The van der Waals surface area contributed by atoms with Crippen LogP contribution in [0.1, 0.15) is 149 Å². The fourth-order valence-electron chi connectivity index (χ4n) is 5.25. The highest BCUT2D eigenvalue weighted by Crippen LogP contribution is 2.43. The van der Waals surface area contributed by atoms with E-state index in [9.17, 15) is 19.4 Å². The highest BCUT2D eigenvalue weighted by atomic mass is 31.2. The summed E-state index contributed by atoms with van der Waals surface area (Å²) >= 11 is 0. The van der Waals surface area contributed by atoms with E-state index >= 15 is 0 Å². The van der Waals surface area contributed by atoms with Crippen LogP contribution >= 0.6 is 7.82 Å². The molecule has 3 atom stereocenters. The van der Waals surface area contributed by atoms with Crippen molar-refractivity contribution in [3.05, 3.63) is 97.2 Å². The first-order chi connectivity index (χ1) is 26.4. The lowest BCUT2D eigenvalue weighted by Gasteiger charge is -2.23. The van der Waals surface area contributed by atoms with E-state index in [0.717, 1.165) is 103 Å². The van der Waals surface area contributed by atoms with Crippen molar-refractivity contribution in [3.63, 3.8) is 0 Å². The Morgan fingerprint density at radius 3 is 1.65 bits per heavy atom. The molecular formula is C45H77N2O6P. The summed E-state index contributed by atoms with van der Waals surface area (Å²) in [6, 6.07) is -0.900. The normalized spacial score (nSPS) is 15.1. The predicted octanol–water partition coefficient (Wildman–Crippen LogP) is 11.6. The largest absolute Gasteiger partial charge is 0.472 e. The summed E-state index contributed by atoms with van der Waals surface area (Å²) in [5, 5.41) is 13.6. The monoisotopic (exact) mass is 773 g/mol. The van der Waals surface area contributed by atoms with Gasteiger partial charge in [0.2, 0.25) is 5.91 Å². The van der Waals surface area contributed by atoms with Crippen molar-refractivity contribution in [2.24, 2.45) is 5.73 Å². The van der Waals surface area contributed by atoms with E-state index in [2.05, 4.69) is 104 Å². The third-order valence-corrected chi connectivity index (χ3v) is 9.36. The molecule has 0 radical (unpaired) electrons. The van der Waals surface area contributed by atoms with Crippen molar-refractivity contribution < 1.29 is 28.4 Å². The van der Waals surface area contributed by atoms with E-state index in [1.165, 1.54) is 25.7 Å². The Hall–Kier alpha value is -2.58. The number of allylic oxidation sites excluding steroid dienone is 15. The Morgan fingerprint density at radius 1 is 0.630 bits per heavy atom. The number of nitrogens with two attached hydrogens (primary N) is 1. The number of rotatable bonds is 37. The van der Waals surface area contributed by atoms with Gasteiger partial charge in [-0.05, 0) is 89.9 Å². The van der Waals surface area contributed by atoms with Crippen molar-refractivity contribution in [1.29, 1.82) is 0 Å². The number of carbonyl (C=O) groups excluding carboxylic acids is 1. The molecular weight excluding hydrogens is 695 g/mol. The van der Waals surface area contributed by atoms with E-state index in [-0.39, 0.29) is 25.7 Å². The van der Waals surface area contributed by atoms with Crippen LogP contribution in [0.25, 0.3) is 0 Å². The van der Waals surface area contributed by atoms with Gasteiger partial charge in [0.25, 0.3) is 0 Å². The number of unbranched alkanes of at least 4 members (excludes halogenated alkanes) is 11. The van der Waals surface area contributed by atoms with Gasteiger partial charge >= 0.3 is 7.82 Å². The molecule has 0 saturated carbocycles. The van der Waals surface area contributed by atoms with Crippen molar-refractivity contribution in [2.45, 2.75) is 161 Å². The number of phosphoric ester groups is 1. The van der Waals surface area contributed by atoms with Crippen molar-refractivity contribution in [3.8, 4) is 0 Å². The van der Waals surface area contributed by atoms with Crippen molar-refractivity contribution in [1.82, 2.24) is 5.32 Å². The number of phosphoric acid groups is 1. The molecule has 0 aromatic carbocycles. The molecule has 0 aliphatic rings. The fraction of sp³-hybridized carbons (Fsp3) is 0.622. The molecule has 0 aromatic heterocycles. The van der Waals surface area contributed by atoms with E-state index in [1.54, 1.807) is 6.08 Å². The maximum atomic E-state index is 12.7. The van der Waals surface area contributed by atoms with E-state index in [4.69, 9.17) is 14.8 Å². The molecule has 0 saturated heterocycles. The summed E-state index contributed by atoms with van der Waals surface area (Å²) in [5.74, 6) is -0.233. The van der Waals surface area contributed by atoms with Gasteiger partial charge < -0.3 is 21.1 Å². The first kappa shape index (κ1) is 51.4. The van der Waals surface area contributed by atoms with Gasteiger partial charge in [0.15, 0.2) is 0 Å². The minimum absolute atomic E-state index is 0.0626. The zero-order valence-electron chi connectivity index (χ0n) is 33.9. The second kappa shape index (κ2) is 40.1. The van der Waals surface area contributed by atoms with Gasteiger partial charge in [-0.2, -0.15) is 0 Å². The minimum atomic E-state index is -4.36. The number of hydrogen-bond donors (Lipinski definition) is 4. The first-order valence-corrected chi connectivity index (χ1v) is 22.4. The summed E-state index contributed by atoms with van der Waals surface area (Å²) < 4.78 is 22.1. The van der Waals surface area contributed by atoms with Crippen LogP contribution in [0, 0.1) is 0 Å². The molecule has 0 spiro atoms. The zero-order valence-corrected chi connectivity index (χ0v) is 34.8. The number of nitrogens with one attached hydrogen (secondary N) is 1. The Bertz CT molecular complexity index is 1160. The molecule has 3 unspecified atom stereocenters. The van der Waals surface area contributed by atoms with Gasteiger partial charge in [0.05, 0.1) is 25.4 Å². The van der Waals surface area contributed by atoms with Crippen LogP contribution in [-0.2, 0) is 18.4 Å². The fourth-order valence-corrected chi connectivity index (χ4v) is 6.01. The molecule has 0 aliphatic heterocycles. The minimum Gasteiger partial charge on any atom is -0.387 e. The van der Waals surface area contributed by atoms with Crippen molar-refractivity contribution >= 4 is 13.7 Å². The van der Waals surface area contributed by atoms with Crippen LogP contribution in [0.15, 0.2) is 97.2 Å². The molecule has 0 rings (SSSR count). The Labute approximate surface area is 330 Å². The summed E-state index contributed by atoms with van der Waals surface area (Å²) in [6.07, 6.45) is 54.5. The standard InChI is InChI=1S/C45H77N2O6P/c1-3-5-7-9-11-13-15-17-19-20-21-22-23-24-25-27-29-31-33-35-37-39-45(49)47-43(42-53-54(50,51)52-41-40-46)44(48)38-36-34-32-30-28-26-18-16-14-12-10-8-6-4-2/h5,7,11,13-14,16-17,19,21-22,24-25,28,30,36,38,43-44,48H,3-4,6,8-10,12,15,18,20,23,26-27,29,31-35,37,39-42,46H2,1-2H3,(H,47,49)(H,50,51)/b7-5-,13-11-,16-14+,19-17-,22-21-,25-24-,30-28+,38-36+. The lowest BCUT2D eigenvalue weighted by Crippen LogP contribution is -2.45. The van der Waals surface area contributed by atoms with Gasteiger partial charge in [0, 0.05) is 13.0 Å². The number of hydrogen-bond acceptors (Lipinski definition) is 6. The predicted molar refractivity (Wildman–Crippen MR) is 230 cm³/mol. The molecule has 308 valence electrons. The highest BCUT2D eigenvalue weighted by Gasteiger charge is 2.26. The van der Waals surface area contributed by atoms with Crippen LogP contribution in [-0.4, -0.2) is 47.8 Å². The van der Waals surface area contributed by atoms with Gasteiger partial charge in [-0.25, -0.2) is 4.57 Å². The summed E-state index contributed by atoms with van der Waals surface area (Å²) in [4.78, 5) is 22.7. The third kappa shape index (κ3) is 37.7. The molecule has 0 fully saturated rings. The summed E-state index contributed by atoms with van der Waals surface area (Å²) in [6.45, 7) is 3.92. The van der Waals surface area contributed by atoms with E-state index in [1.807, 2.05) is 6.08 Å². The third-order valence-electron chi connectivity index (χ3n) is 8.37. The Balaban J connectivity index is 4.36. The smallest absolute Gasteiger partial charge is 0.387 e. The number of aliphatic hydroxyl groups is 1. The summed E-state index contributed by atoms with van der Waals surface area (Å²) in [5.41, 5.74) is 5.36. The average molecular weight is 773 g/mol. The molecule has 1 amide bonds. The molecule has 0 aliphatic carbocycles. The maximum absolute atomic E-state index is 12.7. The molecule has 8 nitrogen and oxygen atoms in total. The quantitative estimate of drug-likeness (QED) is 0.0281. The van der Waals surface area contributed by atoms with Crippen molar-refractivity contribution in [2.75, 3.05) is 19.8 Å². The van der Waals surface area contributed by atoms with Gasteiger partial charge in [0.1, 0.15) is 0 Å². The summed E-state index contributed by atoms with van der Waals surface area (Å²) in [7, 11) is -4.36. The second-order valence-electron chi connectivity index (χ2n) is 13.4. The topological polar surface area (TPSA) is 131 Å². The van der Waals surface area contributed by atoms with Gasteiger partial charge in [-0.1, -0.05) is 150 Å². The molecule has 54 heavy (non-hydrogen) atoms. The number of aliphatic hydroxyl groups excluding tert-OH is 1.